The Morgan fingerprint density at radius 2 is 1.85 bits per heavy atom. The van der Waals surface area contributed by atoms with Gasteiger partial charge in [0.25, 0.3) is 0 Å². The van der Waals surface area contributed by atoms with E-state index < -0.39 is 34.6 Å². The van der Waals surface area contributed by atoms with E-state index >= 15 is 0 Å². The van der Waals surface area contributed by atoms with E-state index in [1.807, 2.05) is 0 Å². The molecule has 0 atom stereocenters. The molecule has 0 aliphatic heterocycles. The molecule has 0 fully saturated rings. The number of benzene rings is 2. The topological polar surface area (TPSA) is 94.5 Å². The smallest absolute Gasteiger partial charge is 0.436 e. The third-order valence-electron chi connectivity index (χ3n) is 3.61. The van der Waals surface area contributed by atoms with E-state index in [9.17, 15) is 23.1 Å². The molecule has 1 N–H and O–H groups in total. The molecule has 0 spiro atoms. The third kappa shape index (κ3) is 3.68. The minimum absolute atomic E-state index is 0.323. The summed E-state index contributed by atoms with van der Waals surface area (Å²) in [6.07, 6.45) is -4.70. The van der Waals surface area contributed by atoms with Crippen LogP contribution in [0.4, 0.5) is 18.9 Å². The van der Waals surface area contributed by atoms with E-state index in [-0.39, 0.29) is 0 Å². The summed E-state index contributed by atoms with van der Waals surface area (Å²) in [6, 6.07) is 10.5. The number of nitrogens with one attached hydrogen (secondary N) is 1. The average molecular weight is 379 g/mol. The highest BCUT2D eigenvalue weighted by molar-refractivity contribution is 5.89. The van der Waals surface area contributed by atoms with Gasteiger partial charge in [-0.25, -0.2) is 4.79 Å². The van der Waals surface area contributed by atoms with Gasteiger partial charge in [0.2, 0.25) is 5.69 Å². The average Bonchev–Trinajstić information content (AvgIpc) is 3.03. The van der Waals surface area contributed by atoms with Gasteiger partial charge < -0.3 is 9.84 Å². The van der Waals surface area contributed by atoms with E-state index in [0.29, 0.717) is 11.4 Å². The summed E-state index contributed by atoms with van der Waals surface area (Å²) in [5.41, 5.74) is -3.00. The van der Waals surface area contributed by atoms with Crippen LogP contribution in [0.2, 0.25) is 0 Å². The lowest BCUT2D eigenvalue weighted by molar-refractivity contribution is -0.673. The molecule has 0 radical (unpaired) electrons. The van der Waals surface area contributed by atoms with Crippen molar-refractivity contribution in [3.05, 3.63) is 70.2 Å². The molecule has 0 saturated carbocycles. The van der Waals surface area contributed by atoms with Crippen LogP contribution in [0.5, 0.6) is 5.75 Å². The van der Waals surface area contributed by atoms with Crippen LogP contribution < -0.4 is 20.2 Å². The normalized spacial score (nSPS) is 12.2. The van der Waals surface area contributed by atoms with E-state index in [2.05, 4.69) is 14.8 Å². The van der Waals surface area contributed by atoms with E-state index in [0.717, 1.165) is 16.8 Å². The quantitative estimate of drug-likeness (QED) is 0.424. The Morgan fingerprint density at radius 3 is 2.48 bits per heavy atom. The first-order valence-electron chi connectivity index (χ1n) is 7.51. The zero-order valence-electron chi connectivity index (χ0n) is 13.8. The number of halogens is 3. The predicted molar refractivity (Wildman–Crippen MR) is 85.1 cm³/mol. The molecular formula is C17H12F3N3O4. The zero-order valence-corrected chi connectivity index (χ0v) is 13.8. The molecule has 0 saturated heterocycles. The van der Waals surface area contributed by atoms with Crippen LogP contribution in [0.25, 0.3) is 5.69 Å². The van der Waals surface area contributed by atoms with Crippen molar-refractivity contribution in [3.63, 3.8) is 0 Å². The number of hydrogen-bond acceptors (Lipinski definition) is 5. The monoisotopic (exact) mass is 379 g/mol. The van der Waals surface area contributed by atoms with Gasteiger partial charge in [-0.15, -0.1) is 0 Å². The van der Waals surface area contributed by atoms with Crippen LogP contribution in [-0.4, -0.2) is 18.3 Å². The standard InChI is InChI=1S/C17H12F3N3O4/c1-26-11-8-6-10(7-9-11)23-14(16(25)27-22-23)15(24)21-13-5-3-2-4-12(13)17(18,19)20/h2-9H,1H3,(H-,21,22,24,25). The molecule has 7 nitrogen and oxygen atoms in total. The molecule has 10 heteroatoms. The molecule has 0 aliphatic rings. The van der Waals surface area contributed by atoms with Crippen molar-refractivity contribution in [1.29, 1.82) is 0 Å². The highest BCUT2D eigenvalue weighted by Crippen LogP contribution is 2.36. The maximum atomic E-state index is 13.1. The van der Waals surface area contributed by atoms with Gasteiger partial charge in [0.15, 0.2) is 0 Å². The maximum Gasteiger partial charge on any atom is 0.436 e. The number of H-pyrrole nitrogens is 1. The second-order valence-electron chi connectivity index (χ2n) is 5.29. The Bertz CT molecular complexity index is 1040. The van der Waals surface area contributed by atoms with Crippen LogP contribution in [0.1, 0.15) is 11.3 Å². The van der Waals surface area contributed by atoms with Gasteiger partial charge in [-0.2, -0.15) is 13.2 Å². The number of hydrogen-bond donors (Lipinski definition) is 1. The number of aliphatic imine (C=N–C) groups is 1. The molecule has 3 rings (SSSR count). The zero-order chi connectivity index (χ0) is 19.6. The number of methoxy groups -OCH3 is 1. The van der Waals surface area contributed by atoms with E-state index in [1.165, 1.54) is 31.4 Å². The fraction of sp³-hybridized carbons (Fsp3) is 0.118. The number of nitrogens with zero attached hydrogens (tertiary/aromatic N) is 2. The fourth-order valence-corrected chi connectivity index (χ4v) is 2.34. The maximum absolute atomic E-state index is 13.1. The first kappa shape index (κ1) is 18.2. The lowest BCUT2D eigenvalue weighted by atomic mass is 10.2. The van der Waals surface area contributed by atoms with Crippen LogP contribution in [-0.2, 0) is 6.18 Å². The highest BCUT2D eigenvalue weighted by Gasteiger charge is 2.33. The molecule has 2 aromatic carbocycles. The minimum Gasteiger partial charge on any atom is -0.854 e. The van der Waals surface area contributed by atoms with Crippen molar-refractivity contribution < 1.29 is 32.2 Å². The Labute approximate surface area is 149 Å². The van der Waals surface area contributed by atoms with Gasteiger partial charge in [-0.3, -0.25) is 9.52 Å². The van der Waals surface area contributed by atoms with Crippen molar-refractivity contribution in [2.24, 2.45) is 4.99 Å². The molecule has 140 valence electrons. The van der Waals surface area contributed by atoms with Crippen LogP contribution in [0.15, 0.2) is 62.8 Å². The molecule has 27 heavy (non-hydrogen) atoms. The molecule has 1 aromatic heterocycles. The Kier molecular flexibility index (Phi) is 4.72. The van der Waals surface area contributed by atoms with Crippen molar-refractivity contribution in [1.82, 2.24) is 5.27 Å². The number of aromatic nitrogens is 2. The van der Waals surface area contributed by atoms with Crippen molar-refractivity contribution in [2.45, 2.75) is 6.18 Å². The summed E-state index contributed by atoms with van der Waals surface area (Å²) in [4.78, 5) is 15.4. The lowest BCUT2D eigenvalue weighted by Crippen LogP contribution is -2.44. The summed E-state index contributed by atoms with van der Waals surface area (Å²) in [5, 5.41) is 14.7. The fourth-order valence-electron chi connectivity index (χ4n) is 2.34. The van der Waals surface area contributed by atoms with Gasteiger partial charge in [0.1, 0.15) is 5.75 Å². The van der Waals surface area contributed by atoms with Crippen molar-refractivity contribution in [2.75, 3.05) is 7.11 Å². The second kappa shape index (κ2) is 6.98. The summed E-state index contributed by atoms with van der Waals surface area (Å²) < 4.78 is 49.8. The molecule has 1 heterocycles. The Balaban J connectivity index is 2.09. The number of rotatable bonds is 4. The molecule has 0 aliphatic carbocycles. The number of alkyl halides is 3. The Morgan fingerprint density at radius 1 is 1.19 bits per heavy atom. The second-order valence-corrected chi connectivity index (χ2v) is 5.29. The van der Waals surface area contributed by atoms with E-state index in [1.54, 1.807) is 12.1 Å². The van der Waals surface area contributed by atoms with Crippen LogP contribution >= 0.6 is 0 Å². The summed E-state index contributed by atoms with van der Waals surface area (Å²) in [7, 11) is 1.47. The van der Waals surface area contributed by atoms with Crippen molar-refractivity contribution >= 4 is 11.6 Å². The Hall–Kier alpha value is -3.56. The lowest BCUT2D eigenvalue weighted by Gasteiger charge is -2.11. The number of para-hydroxylation sites is 1. The SMILES string of the molecule is COc1ccc(-[n+]2[nH]oc(=O)c2C([O-])=Nc2ccccc2C(F)(F)F)cc1. The highest BCUT2D eigenvalue weighted by atomic mass is 19.4. The van der Waals surface area contributed by atoms with Gasteiger partial charge in [-0.1, -0.05) is 12.1 Å². The van der Waals surface area contributed by atoms with Gasteiger partial charge >= 0.3 is 17.5 Å². The van der Waals surface area contributed by atoms with Gasteiger partial charge in [-0.05, 0) is 34.2 Å². The van der Waals surface area contributed by atoms with Crippen molar-refractivity contribution in [3.8, 4) is 11.4 Å². The third-order valence-corrected chi connectivity index (χ3v) is 3.61. The van der Waals surface area contributed by atoms with Crippen LogP contribution in [0.3, 0.4) is 0 Å². The molecule has 0 amide bonds. The summed E-state index contributed by atoms with van der Waals surface area (Å²) >= 11 is 0. The molecular weight excluding hydrogens is 367 g/mol. The van der Waals surface area contributed by atoms with Gasteiger partial charge in [0, 0.05) is 12.1 Å². The number of aromatic amines is 1. The molecule has 0 unspecified atom stereocenters. The summed E-state index contributed by atoms with van der Waals surface area (Å²) in [5.74, 6) is -0.653. The van der Waals surface area contributed by atoms with Gasteiger partial charge in [0.05, 0.1) is 24.3 Å². The number of ether oxygens (including phenoxy) is 1. The summed E-state index contributed by atoms with van der Waals surface area (Å²) in [6.45, 7) is 0. The first-order chi connectivity index (χ1) is 12.8. The molecule has 3 aromatic rings. The van der Waals surface area contributed by atoms with Crippen LogP contribution in [0, 0.1) is 0 Å². The first-order valence-corrected chi connectivity index (χ1v) is 7.51. The largest absolute Gasteiger partial charge is 0.854 e. The molecule has 0 bridgehead atoms. The van der Waals surface area contributed by atoms with E-state index in [4.69, 9.17) is 4.74 Å². The predicted octanol–water partition coefficient (Wildman–Crippen LogP) is 1.71. The minimum atomic E-state index is -4.70.